The van der Waals surface area contributed by atoms with Gasteiger partial charge in [-0.15, -0.1) is 0 Å². The van der Waals surface area contributed by atoms with Crippen molar-refractivity contribution in [2.75, 3.05) is 39.3 Å². The number of ether oxygens (including phenoxy) is 3. The highest BCUT2D eigenvalue weighted by atomic mass is 35.5. The largest absolute Gasteiger partial charge is 0.496 e. The summed E-state index contributed by atoms with van der Waals surface area (Å²) in [6, 6.07) is 3.81. The fourth-order valence-corrected chi connectivity index (χ4v) is 4.48. The van der Waals surface area contributed by atoms with Gasteiger partial charge in [0.15, 0.2) is 5.82 Å². The number of benzene rings is 1. The fourth-order valence-electron chi connectivity index (χ4n) is 4.12. The molecule has 31 heavy (non-hydrogen) atoms. The van der Waals surface area contributed by atoms with E-state index in [1.165, 1.54) is 0 Å². The van der Waals surface area contributed by atoms with Crippen molar-refractivity contribution in [2.24, 2.45) is 0 Å². The maximum absolute atomic E-state index is 6.73. The minimum absolute atomic E-state index is 0.174. The second kappa shape index (κ2) is 8.85. The Morgan fingerprint density at radius 1 is 1.06 bits per heavy atom. The van der Waals surface area contributed by atoms with E-state index in [0.717, 1.165) is 53.9 Å². The van der Waals surface area contributed by atoms with Gasteiger partial charge in [0, 0.05) is 48.5 Å². The number of aryl methyl sites for hydroxylation is 1. The number of anilines is 1. The lowest BCUT2D eigenvalue weighted by Crippen LogP contribution is -2.39. The Balaban J connectivity index is 1.96. The summed E-state index contributed by atoms with van der Waals surface area (Å²) in [6.07, 6.45) is 4.04. The van der Waals surface area contributed by atoms with Crippen molar-refractivity contribution in [3.05, 3.63) is 34.6 Å². The van der Waals surface area contributed by atoms with Gasteiger partial charge < -0.3 is 19.1 Å². The van der Waals surface area contributed by atoms with Crippen LogP contribution in [0.3, 0.4) is 0 Å². The number of halogens is 1. The Hall–Kier alpha value is -2.64. The molecule has 0 N–H and O–H groups in total. The van der Waals surface area contributed by atoms with E-state index < -0.39 is 0 Å². The fraction of sp³-hybridized carbons (Fsp3) is 0.435. The quantitative estimate of drug-likeness (QED) is 0.572. The first-order chi connectivity index (χ1) is 15.0. The molecule has 3 heterocycles. The average Bonchev–Trinajstić information content (AvgIpc) is 2.79. The lowest BCUT2D eigenvalue weighted by atomic mass is 10.0. The number of rotatable bonds is 5. The van der Waals surface area contributed by atoms with Crippen molar-refractivity contribution in [3.8, 4) is 22.9 Å². The van der Waals surface area contributed by atoms with Crippen molar-refractivity contribution in [1.29, 1.82) is 0 Å². The molecule has 0 radical (unpaired) electrons. The van der Waals surface area contributed by atoms with Gasteiger partial charge in [0.25, 0.3) is 0 Å². The van der Waals surface area contributed by atoms with Crippen molar-refractivity contribution in [3.63, 3.8) is 0 Å². The van der Waals surface area contributed by atoms with E-state index >= 15 is 0 Å². The van der Waals surface area contributed by atoms with Crippen LogP contribution in [-0.4, -0.2) is 55.5 Å². The molecule has 1 saturated heterocycles. The topological polar surface area (TPSA) is 69.6 Å². The molecular weight excluding hydrogens is 416 g/mol. The summed E-state index contributed by atoms with van der Waals surface area (Å²) in [5, 5.41) is 1.43. The zero-order chi connectivity index (χ0) is 22.1. The van der Waals surface area contributed by atoms with Gasteiger partial charge in [0.1, 0.15) is 17.3 Å². The minimum Gasteiger partial charge on any atom is -0.496 e. The molecule has 3 aromatic rings. The van der Waals surface area contributed by atoms with Gasteiger partial charge in [-0.2, -0.15) is 0 Å². The smallest absolute Gasteiger partial charge is 0.164 e. The molecule has 0 bridgehead atoms. The molecular formula is C23H27ClN4O3. The van der Waals surface area contributed by atoms with Crippen LogP contribution in [0.4, 0.5) is 5.82 Å². The van der Waals surface area contributed by atoms with Crippen LogP contribution in [0.1, 0.15) is 24.1 Å². The van der Waals surface area contributed by atoms with Gasteiger partial charge >= 0.3 is 0 Å². The van der Waals surface area contributed by atoms with Crippen LogP contribution in [0.25, 0.3) is 22.3 Å². The third-order valence-corrected chi connectivity index (χ3v) is 6.19. The number of fused-ring (bicyclic) bond motifs is 1. The first-order valence-electron chi connectivity index (χ1n) is 10.3. The number of aromatic nitrogens is 3. The van der Waals surface area contributed by atoms with Crippen molar-refractivity contribution >= 4 is 28.3 Å². The molecule has 1 aliphatic rings. The standard InChI is InChI=1S/C23H27ClN4O3/c1-13-9-16-17(11-25-13)26-22(27-23(16)28-8-6-7-15(12-28)29-3)20-14(2)18(30-4)10-19(31-5)21(20)24/h9-11,15H,6-8,12H2,1-5H3. The van der Waals surface area contributed by atoms with Crippen LogP contribution < -0.4 is 14.4 Å². The monoisotopic (exact) mass is 442 g/mol. The Labute approximate surface area is 187 Å². The van der Waals surface area contributed by atoms with E-state index in [1.807, 2.05) is 19.9 Å². The number of piperidine rings is 1. The molecule has 1 aromatic carbocycles. The van der Waals surface area contributed by atoms with Gasteiger partial charge in [0.05, 0.1) is 37.1 Å². The number of pyridine rings is 1. The minimum atomic E-state index is 0.174. The van der Waals surface area contributed by atoms with E-state index in [2.05, 4.69) is 9.88 Å². The summed E-state index contributed by atoms with van der Waals surface area (Å²) in [5.74, 6) is 2.57. The highest BCUT2D eigenvalue weighted by Gasteiger charge is 2.25. The second-order valence-electron chi connectivity index (χ2n) is 7.75. The first-order valence-corrected chi connectivity index (χ1v) is 10.7. The van der Waals surface area contributed by atoms with E-state index in [1.54, 1.807) is 33.6 Å². The van der Waals surface area contributed by atoms with Gasteiger partial charge in [-0.05, 0) is 32.8 Å². The highest BCUT2D eigenvalue weighted by molar-refractivity contribution is 6.35. The number of nitrogens with zero attached hydrogens (tertiary/aromatic N) is 4. The summed E-state index contributed by atoms with van der Waals surface area (Å²) in [5.41, 5.74) is 3.24. The predicted octanol–water partition coefficient (Wildman–Crippen LogP) is 4.59. The third-order valence-electron chi connectivity index (χ3n) is 5.82. The summed E-state index contributed by atoms with van der Waals surface area (Å²) >= 11 is 6.73. The molecule has 8 heteroatoms. The molecule has 0 saturated carbocycles. The van der Waals surface area contributed by atoms with Gasteiger partial charge in [-0.3, -0.25) is 4.98 Å². The van der Waals surface area contributed by atoms with Crippen LogP contribution in [0.15, 0.2) is 18.3 Å². The number of methoxy groups -OCH3 is 3. The number of hydrogen-bond acceptors (Lipinski definition) is 7. The lowest BCUT2D eigenvalue weighted by molar-refractivity contribution is 0.0892. The highest BCUT2D eigenvalue weighted by Crippen LogP contribution is 2.42. The van der Waals surface area contributed by atoms with Gasteiger partial charge in [-0.25, -0.2) is 9.97 Å². The SMILES string of the molecule is COc1cc(OC)c(Cl)c(-c2nc(N3CCCC(OC)C3)c3cc(C)ncc3n2)c1C. The summed E-state index contributed by atoms with van der Waals surface area (Å²) in [6.45, 7) is 5.60. The van der Waals surface area contributed by atoms with E-state index in [-0.39, 0.29) is 6.10 Å². The predicted molar refractivity (Wildman–Crippen MR) is 123 cm³/mol. The van der Waals surface area contributed by atoms with Gasteiger partial charge in [0.2, 0.25) is 0 Å². The lowest BCUT2D eigenvalue weighted by Gasteiger charge is -2.33. The summed E-state index contributed by atoms with van der Waals surface area (Å²) in [4.78, 5) is 16.6. The van der Waals surface area contributed by atoms with Crippen molar-refractivity contribution < 1.29 is 14.2 Å². The molecule has 1 aliphatic heterocycles. The second-order valence-corrected chi connectivity index (χ2v) is 8.13. The Bertz CT molecular complexity index is 1090. The van der Waals surface area contributed by atoms with Crippen LogP contribution in [0.5, 0.6) is 11.5 Å². The van der Waals surface area contributed by atoms with Crippen LogP contribution >= 0.6 is 11.6 Å². The van der Waals surface area contributed by atoms with Crippen molar-refractivity contribution in [1.82, 2.24) is 15.0 Å². The third kappa shape index (κ3) is 4.00. The molecule has 4 rings (SSSR count). The molecule has 0 aliphatic carbocycles. The maximum atomic E-state index is 6.73. The molecule has 7 nitrogen and oxygen atoms in total. The Kier molecular flexibility index (Phi) is 6.16. The molecule has 0 amide bonds. The molecule has 0 spiro atoms. The average molecular weight is 443 g/mol. The van der Waals surface area contributed by atoms with Crippen LogP contribution in [0.2, 0.25) is 5.02 Å². The molecule has 1 atom stereocenters. The zero-order valence-electron chi connectivity index (χ0n) is 18.5. The number of hydrogen-bond donors (Lipinski definition) is 0. The summed E-state index contributed by atoms with van der Waals surface area (Å²) in [7, 11) is 4.96. The zero-order valence-corrected chi connectivity index (χ0v) is 19.3. The molecule has 1 fully saturated rings. The van der Waals surface area contributed by atoms with Crippen LogP contribution in [-0.2, 0) is 4.74 Å². The normalized spacial score (nSPS) is 16.6. The molecule has 2 aromatic heterocycles. The Morgan fingerprint density at radius 3 is 2.55 bits per heavy atom. The van der Waals surface area contributed by atoms with E-state index in [4.69, 9.17) is 35.8 Å². The van der Waals surface area contributed by atoms with E-state index in [0.29, 0.717) is 27.9 Å². The Morgan fingerprint density at radius 2 is 1.84 bits per heavy atom. The first kappa shape index (κ1) is 21.6. The molecule has 164 valence electrons. The molecule has 1 unspecified atom stereocenters. The summed E-state index contributed by atoms with van der Waals surface area (Å²) < 4.78 is 16.7. The van der Waals surface area contributed by atoms with E-state index in [9.17, 15) is 0 Å². The van der Waals surface area contributed by atoms with Crippen LogP contribution in [0, 0.1) is 13.8 Å². The maximum Gasteiger partial charge on any atom is 0.164 e. The van der Waals surface area contributed by atoms with Crippen molar-refractivity contribution in [2.45, 2.75) is 32.8 Å². The van der Waals surface area contributed by atoms with Gasteiger partial charge in [-0.1, -0.05) is 11.6 Å².